The number of methoxy groups -OCH3 is 1. The van der Waals surface area contributed by atoms with Crippen LogP contribution >= 0.6 is 0 Å². The van der Waals surface area contributed by atoms with Crippen molar-refractivity contribution in [3.8, 4) is 17.1 Å². The third-order valence-corrected chi connectivity index (χ3v) is 5.45. The number of nitrogens with zero attached hydrogens (tertiary/aromatic N) is 4. The number of fused-ring (bicyclic) bond motifs is 1. The second-order valence-electron chi connectivity index (χ2n) is 7.53. The van der Waals surface area contributed by atoms with Crippen LogP contribution in [0.4, 0.5) is 5.69 Å². The summed E-state index contributed by atoms with van der Waals surface area (Å²) in [7, 11) is 1.55. The standard InChI is InChI=1S/C25H25N5O3/c1-4-16-29-17(2)19(14-15-22(31)26-20-12-8-9-13-21(20)33-3)24(32)30-25(29)27-23(28-30)18-10-6-5-7-11-18/h4-13H,1,14-16H2,2-3H3,(H,26,31). The van der Waals surface area contributed by atoms with Gasteiger partial charge in [0.15, 0.2) is 5.82 Å². The zero-order chi connectivity index (χ0) is 23.4. The van der Waals surface area contributed by atoms with Crippen LogP contribution in [0, 0.1) is 6.92 Å². The zero-order valence-corrected chi connectivity index (χ0v) is 18.6. The molecule has 168 valence electrons. The van der Waals surface area contributed by atoms with Crippen molar-refractivity contribution in [1.29, 1.82) is 0 Å². The summed E-state index contributed by atoms with van der Waals surface area (Å²) in [5.74, 6) is 1.28. The van der Waals surface area contributed by atoms with Gasteiger partial charge in [-0.05, 0) is 25.5 Å². The number of hydrogen-bond acceptors (Lipinski definition) is 5. The van der Waals surface area contributed by atoms with Gasteiger partial charge < -0.3 is 14.6 Å². The van der Waals surface area contributed by atoms with Crippen molar-refractivity contribution in [2.24, 2.45) is 0 Å². The smallest absolute Gasteiger partial charge is 0.279 e. The van der Waals surface area contributed by atoms with Gasteiger partial charge in [-0.1, -0.05) is 48.5 Å². The molecular formula is C25H25N5O3. The number of carbonyl (C=O) groups is 1. The predicted molar refractivity (Wildman–Crippen MR) is 128 cm³/mol. The van der Waals surface area contributed by atoms with Crippen molar-refractivity contribution in [3.63, 3.8) is 0 Å². The van der Waals surface area contributed by atoms with E-state index in [1.54, 1.807) is 25.3 Å². The number of ether oxygens (including phenoxy) is 1. The van der Waals surface area contributed by atoms with Gasteiger partial charge in [0.25, 0.3) is 5.56 Å². The van der Waals surface area contributed by atoms with Crippen LogP contribution in [0.2, 0.25) is 0 Å². The first-order chi connectivity index (χ1) is 16.0. The molecule has 2 aromatic heterocycles. The van der Waals surface area contributed by atoms with E-state index in [0.717, 1.165) is 11.3 Å². The Morgan fingerprint density at radius 2 is 1.88 bits per heavy atom. The van der Waals surface area contributed by atoms with Gasteiger partial charge in [0.2, 0.25) is 11.7 Å². The summed E-state index contributed by atoms with van der Waals surface area (Å²) < 4.78 is 8.48. The molecule has 0 fully saturated rings. The summed E-state index contributed by atoms with van der Waals surface area (Å²) in [5, 5.41) is 7.32. The Morgan fingerprint density at radius 1 is 1.15 bits per heavy atom. The highest BCUT2D eigenvalue weighted by Crippen LogP contribution is 2.23. The van der Waals surface area contributed by atoms with E-state index in [1.165, 1.54) is 4.52 Å². The molecule has 0 radical (unpaired) electrons. The Morgan fingerprint density at radius 3 is 2.61 bits per heavy atom. The second-order valence-corrected chi connectivity index (χ2v) is 7.53. The van der Waals surface area contributed by atoms with E-state index in [-0.39, 0.29) is 24.3 Å². The molecule has 1 N–H and O–H groups in total. The van der Waals surface area contributed by atoms with Gasteiger partial charge in [0.1, 0.15) is 5.75 Å². The van der Waals surface area contributed by atoms with Gasteiger partial charge in [-0.3, -0.25) is 9.59 Å². The maximum atomic E-state index is 13.3. The van der Waals surface area contributed by atoms with Gasteiger partial charge in [0.05, 0.1) is 12.8 Å². The Labute approximate surface area is 191 Å². The molecule has 0 spiro atoms. The lowest BCUT2D eigenvalue weighted by Crippen LogP contribution is -2.27. The number of nitrogens with one attached hydrogen (secondary N) is 1. The highest BCUT2D eigenvalue weighted by molar-refractivity contribution is 5.92. The van der Waals surface area contributed by atoms with Gasteiger partial charge in [-0.15, -0.1) is 11.7 Å². The number of benzene rings is 2. The van der Waals surface area contributed by atoms with E-state index in [2.05, 4.69) is 22.0 Å². The molecule has 4 rings (SSSR count). The minimum absolute atomic E-state index is 0.133. The van der Waals surface area contributed by atoms with Crippen LogP contribution < -0.4 is 15.6 Å². The molecule has 33 heavy (non-hydrogen) atoms. The van der Waals surface area contributed by atoms with E-state index in [4.69, 9.17) is 4.74 Å². The Hall–Kier alpha value is -4.20. The lowest BCUT2D eigenvalue weighted by Gasteiger charge is -2.14. The van der Waals surface area contributed by atoms with Crippen molar-refractivity contribution < 1.29 is 9.53 Å². The topological polar surface area (TPSA) is 90.5 Å². The number of carbonyl (C=O) groups excluding carboxylic acids is 1. The monoisotopic (exact) mass is 443 g/mol. The van der Waals surface area contributed by atoms with E-state index < -0.39 is 0 Å². The highest BCUT2D eigenvalue weighted by atomic mass is 16.5. The first kappa shape index (κ1) is 22.0. The minimum atomic E-state index is -0.275. The van der Waals surface area contributed by atoms with Crippen LogP contribution in [0.5, 0.6) is 5.75 Å². The van der Waals surface area contributed by atoms with E-state index >= 15 is 0 Å². The predicted octanol–water partition coefficient (Wildman–Crippen LogP) is 3.63. The summed E-state index contributed by atoms with van der Waals surface area (Å²) in [6.45, 7) is 6.14. The third-order valence-electron chi connectivity index (χ3n) is 5.45. The highest BCUT2D eigenvalue weighted by Gasteiger charge is 2.19. The number of allylic oxidation sites excluding steroid dienone is 1. The Balaban J connectivity index is 1.66. The molecule has 0 atom stereocenters. The molecule has 8 nitrogen and oxygen atoms in total. The number of rotatable bonds is 8. The summed E-state index contributed by atoms with van der Waals surface area (Å²) in [5.41, 5.74) is 2.39. The van der Waals surface area contributed by atoms with Gasteiger partial charge in [-0.2, -0.15) is 9.50 Å². The fourth-order valence-corrected chi connectivity index (χ4v) is 3.75. The van der Waals surface area contributed by atoms with Crippen molar-refractivity contribution in [1.82, 2.24) is 19.2 Å². The first-order valence-corrected chi connectivity index (χ1v) is 10.6. The first-order valence-electron chi connectivity index (χ1n) is 10.6. The van der Waals surface area contributed by atoms with Gasteiger partial charge in [0, 0.05) is 29.8 Å². The molecule has 8 heteroatoms. The van der Waals surface area contributed by atoms with Crippen LogP contribution in [-0.2, 0) is 17.8 Å². The number of amides is 1. The van der Waals surface area contributed by atoms with E-state index in [0.29, 0.717) is 35.1 Å². The molecule has 0 aliphatic rings. The molecule has 1 amide bonds. The minimum Gasteiger partial charge on any atom is -0.495 e. The lowest BCUT2D eigenvalue weighted by atomic mass is 10.1. The average molecular weight is 444 g/mol. The largest absolute Gasteiger partial charge is 0.495 e. The molecule has 2 heterocycles. The summed E-state index contributed by atoms with van der Waals surface area (Å²) in [4.78, 5) is 30.5. The third kappa shape index (κ3) is 4.41. The molecule has 0 aliphatic heterocycles. The fraction of sp³-hybridized carbons (Fsp3) is 0.200. The maximum absolute atomic E-state index is 13.3. The summed E-state index contributed by atoms with van der Waals surface area (Å²) in [6.07, 6.45) is 2.14. The van der Waals surface area contributed by atoms with Gasteiger partial charge >= 0.3 is 0 Å². The second kappa shape index (κ2) is 9.52. The molecule has 4 aromatic rings. The van der Waals surface area contributed by atoms with Gasteiger partial charge in [-0.25, -0.2) is 0 Å². The Bertz CT molecular complexity index is 1370. The van der Waals surface area contributed by atoms with Crippen LogP contribution in [0.1, 0.15) is 17.7 Å². The molecule has 2 aromatic carbocycles. The maximum Gasteiger partial charge on any atom is 0.279 e. The molecule has 0 aliphatic carbocycles. The Kier molecular flexibility index (Phi) is 6.35. The lowest BCUT2D eigenvalue weighted by molar-refractivity contribution is -0.116. The van der Waals surface area contributed by atoms with Crippen LogP contribution in [0.15, 0.2) is 72.0 Å². The number of para-hydroxylation sites is 2. The average Bonchev–Trinajstić information content (AvgIpc) is 3.28. The summed E-state index contributed by atoms with van der Waals surface area (Å²) >= 11 is 0. The van der Waals surface area contributed by atoms with E-state index in [9.17, 15) is 9.59 Å². The molecule has 0 bridgehead atoms. The molecule has 0 saturated heterocycles. The van der Waals surface area contributed by atoms with E-state index in [1.807, 2.05) is 54.0 Å². The molecule has 0 saturated carbocycles. The van der Waals surface area contributed by atoms with Crippen molar-refractivity contribution in [2.45, 2.75) is 26.3 Å². The molecule has 0 unspecified atom stereocenters. The quantitative estimate of drug-likeness (QED) is 0.420. The molecular weight excluding hydrogens is 418 g/mol. The number of aromatic nitrogens is 4. The number of anilines is 1. The van der Waals surface area contributed by atoms with Crippen molar-refractivity contribution in [3.05, 3.63) is 88.9 Å². The SMILES string of the molecule is C=CCn1c(C)c(CCC(=O)Nc2ccccc2OC)c(=O)n2nc(-c3ccccc3)nc12. The van der Waals surface area contributed by atoms with Crippen molar-refractivity contribution >= 4 is 17.4 Å². The number of hydrogen-bond donors (Lipinski definition) is 1. The zero-order valence-electron chi connectivity index (χ0n) is 18.6. The summed E-state index contributed by atoms with van der Waals surface area (Å²) in [6, 6.07) is 16.7. The van der Waals surface area contributed by atoms with Crippen LogP contribution in [0.3, 0.4) is 0 Å². The van der Waals surface area contributed by atoms with Crippen LogP contribution in [0.25, 0.3) is 17.2 Å². The normalized spacial score (nSPS) is 10.8. The van der Waals surface area contributed by atoms with Crippen LogP contribution in [-0.4, -0.2) is 32.2 Å². The van der Waals surface area contributed by atoms with Crippen molar-refractivity contribution in [2.75, 3.05) is 12.4 Å². The fourth-order valence-electron chi connectivity index (χ4n) is 3.75.